The molecule has 2 aromatic heterocycles. The molecule has 0 spiro atoms. The molecule has 4 aromatic rings. The maximum absolute atomic E-state index is 13.3. The average molecular weight is 484 g/mol. The zero-order valence-electron chi connectivity index (χ0n) is 17.4. The van der Waals surface area contributed by atoms with E-state index in [1.165, 1.54) is 35.2 Å². The molecule has 168 valence electrons. The van der Waals surface area contributed by atoms with Gasteiger partial charge in [-0.15, -0.1) is 16.4 Å². The van der Waals surface area contributed by atoms with Crippen LogP contribution in [0.4, 0.5) is 9.39 Å². The number of carbonyl (C=O) groups is 2. The van der Waals surface area contributed by atoms with Crippen molar-refractivity contribution in [3.63, 3.8) is 0 Å². The van der Waals surface area contributed by atoms with Gasteiger partial charge in [-0.25, -0.2) is 9.18 Å². The van der Waals surface area contributed by atoms with Crippen LogP contribution in [0.1, 0.15) is 17.3 Å². The van der Waals surface area contributed by atoms with Gasteiger partial charge in [-0.3, -0.25) is 4.79 Å². The second kappa shape index (κ2) is 10.4. The Kier molecular flexibility index (Phi) is 7.10. The molecular formula is C22H18FN5O3S2. The first-order valence-electron chi connectivity index (χ1n) is 9.87. The first-order valence-corrected chi connectivity index (χ1v) is 11.7. The zero-order chi connectivity index (χ0) is 23.2. The molecule has 0 aliphatic rings. The van der Waals surface area contributed by atoms with Gasteiger partial charge in [0.2, 0.25) is 11.1 Å². The van der Waals surface area contributed by atoms with Crippen LogP contribution in [-0.2, 0) is 9.53 Å². The molecule has 8 nitrogen and oxygen atoms in total. The second-order valence-electron chi connectivity index (χ2n) is 6.63. The molecule has 0 saturated heterocycles. The summed E-state index contributed by atoms with van der Waals surface area (Å²) in [6.45, 7) is 1.89. The number of nitrogens with one attached hydrogen (secondary N) is 1. The molecule has 4 rings (SSSR count). The molecule has 1 amide bonds. The first kappa shape index (κ1) is 22.6. The Hall–Kier alpha value is -3.57. The van der Waals surface area contributed by atoms with Gasteiger partial charge in [-0.05, 0) is 47.2 Å². The highest BCUT2D eigenvalue weighted by atomic mass is 32.2. The van der Waals surface area contributed by atoms with Crippen molar-refractivity contribution in [2.75, 3.05) is 17.7 Å². The molecular weight excluding hydrogens is 465 g/mol. The quantitative estimate of drug-likeness (QED) is 0.292. The fraction of sp³-hybridized carbons (Fsp3) is 0.136. The highest BCUT2D eigenvalue weighted by Crippen LogP contribution is 2.36. The van der Waals surface area contributed by atoms with Crippen molar-refractivity contribution in [2.45, 2.75) is 12.1 Å². The minimum absolute atomic E-state index is 0.0270. The van der Waals surface area contributed by atoms with Gasteiger partial charge in [0.25, 0.3) is 0 Å². The lowest BCUT2D eigenvalue weighted by Gasteiger charge is -2.09. The molecule has 2 heterocycles. The van der Waals surface area contributed by atoms with Crippen molar-refractivity contribution in [2.24, 2.45) is 0 Å². The summed E-state index contributed by atoms with van der Waals surface area (Å²) in [5.74, 6) is -1.25. The summed E-state index contributed by atoms with van der Waals surface area (Å²) in [4.78, 5) is 25.3. The normalized spacial score (nSPS) is 10.7. The van der Waals surface area contributed by atoms with Crippen LogP contribution < -0.4 is 5.32 Å². The van der Waals surface area contributed by atoms with Crippen LogP contribution in [-0.4, -0.2) is 44.4 Å². The van der Waals surface area contributed by atoms with E-state index < -0.39 is 5.97 Å². The van der Waals surface area contributed by atoms with E-state index in [-0.39, 0.29) is 29.6 Å². The van der Waals surface area contributed by atoms with Crippen molar-refractivity contribution < 1.29 is 18.7 Å². The van der Waals surface area contributed by atoms with Crippen LogP contribution in [0.2, 0.25) is 0 Å². The van der Waals surface area contributed by atoms with E-state index >= 15 is 0 Å². The number of benzene rings is 2. The number of tetrazole rings is 1. The van der Waals surface area contributed by atoms with Crippen molar-refractivity contribution in [1.29, 1.82) is 0 Å². The van der Waals surface area contributed by atoms with Crippen LogP contribution in [0.25, 0.3) is 16.8 Å². The summed E-state index contributed by atoms with van der Waals surface area (Å²) in [5.41, 5.74) is 2.22. The number of hydrogen-bond donors (Lipinski definition) is 1. The monoisotopic (exact) mass is 483 g/mol. The van der Waals surface area contributed by atoms with E-state index in [9.17, 15) is 14.0 Å². The third-order valence-corrected chi connectivity index (χ3v) is 6.27. The van der Waals surface area contributed by atoms with E-state index in [2.05, 4.69) is 20.8 Å². The van der Waals surface area contributed by atoms with Crippen molar-refractivity contribution in [3.05, 3.63) is 71.4 Å². The maximum Gasteiger partial charge on any atom is 0.341 e. The topological polar surface area (TPSA) is 99.0 Å². The Morgan fingerprint density at radius 3 is 2.64 bits per heavy atom. The third-order valence-electron chi connectivity index (χ3n) is 4.45. The van der Waals surface area contributed by atoms with Crippen molar-refractivity contribution in [1.82, 2.24) is 20.2 Å². The van der Waals surface area contributed by atoms with E-state index in [1.807, 2.05) is 30.3 Å². The molecule has 0 radical (unpaired) electrons. The van der Waals surface area contributed by atoms with Gasteiger partial charge in [-0.1, -0.05) is 42.1 Å². The molecule has 2 aromatic carbocycles. The number of rotatable bonds is 8. The van der Waals surface area contributed by atoms with Crippen molar-refractivity contribution >= 4 is 40.0 Å². The Balaban J connectivity index is 1.51. The Labute approximate surface area is 196 Å². The molecule has 11 heteroatoms. The number of carbonyl (C=O) groups excluding carboxylic acids is 2. The number of esters is 1. The summed E-state index contributed by atoms with van der Waals surface area (Å²) in [6, 6.07) is 15.1. The highest BCUT2D eigenvalue weighted by Gasteiger charge is 2.23. The molecule has 0 aliphatic heterocycles. The van der Waals surface area contributed by atoms with Crippen LogP contribution in [0.5, 0.6) is 0 Å². The SMILES string of the molecule is CCOC(=O)c1c(-c2ccc(F)cc2)csc1NC(=O)CSc1nnnn1-c1ccccc1. The summed E-state index contributed by atoms with van der Waals surface area (Å²) in [7, 11) is 0. The Morgan fingerprint density at radius 1 is 1.15 bits per heavy atom. The van der Waals surface area contributed by atoms with Crippen LogP contribution >= 0.6 is 23.1 Å². The fourth-order valence-electron chi connectivity index (χ4n) is 2.99. The number of para-hydroxylation sites is 1. The summed E-state index contributed by atoms with van der Waals surface area (Å²) in [5, 5.41) is 17.0. The standard InChI is InChI=1S/C22H18FN5O3S2/c1-2-31-21(30)19-17(14-8-10-15(23)11-9-14)12-32-20(19)24-18(29)13-33-22-25-26-27-28(22)16-6-4-3-5-7-16/h3-12H,2,13H2,1H3,(H,24,29). The molecule has 0 fully saturated rings. The molecule has 0 saturated carbocycles. The number of halogens is 1. The third kappa shape index (κ3) is 5.26. The smallest absolute Gasteiger partial charge is 0.341 e. The molecule has 0 aliphatic carbocycles. The van der Waals surface area contributed by atoms with Crippen LogP contribution in [0.15, 0.2) is 65.1 Å². The van der Waals surface area contributed by atoms with Gasteiger partial charge in [-0.2, -0.15) is 4.68 Å². The van der Waals surface area contributed by atoms with Gasteiger partial charge in [0.1, 0.15) is 16.4 Å². The summed E-state index contributed by atoms with van der Waals surface area (Å²) >= 11 is 2.37. The van der Waals surface area contributed by atoms with Gasteiger partial charge < -0.3 is 10.1 Å². The molecule has 0 bridgehead atoms. The minimum atomic E-state index is -0.561. The van der Waals surface area contributed by atoms with Gasteiger partial charge >= 0.3 is 5.97 Å². The highest BCUT2D eigenvalue weighted by molar-refractivity contribution is 7.99. The average Bonchev–Trinajstić information content (AvgIpc) is 3.46. The number of thioether (sulfide) groups is 1. The predicted octanol–water partition coefficient (Wildman–Crippen LogP) is 4.44. The van der Waals surface area contributed by atoms with E-state index in [4.69, 9.17) is 4.74 Å². The Morgan fingerprint density at radius 2 is 1.91 bits per heavy atom. The zero-order valence-corrected chi connectivity index (χ0v) is 19.0. The van der Waals surface area contributed by atoms with E-state index in [0.29, 0.717) is 21.3 Å². The van der Waals surface area contributed by atoms with Crippen LogP contribution in [0.3, 0.4) is 0 Å². The maximum atomic E-state index is 13.3. The number of ether oxygens (including phenoxy) is 1. The lowest BCUT2D eigenvalue weighted by Crippen LogP contribution is -2.16. The number of aromatic nitrogens is 4. The van der Waals surface area contributed by atoms with Crippen molar-refractivity contribution in [3.8, 4) is 16.8 Å². The van der Waals surface area contributed by atoms with Gasteiger partial charge in [0, 0.05) is 10.9 Å². The number of anilines is 1. The lowest BCUT2D eigenvalue weighted by atomic mass is 10.0. The van der Waals surface area contributed by atoms with Gasteiger partial charge in [0.15, 0.2) is 0 Å². The number of hydrogen-bond acceptors (Lipinski definition) is 8. The molecule has 0 atom stereocenters. The second-order valence-corrected chi connectivity index (χ2v) is 8.45. The Bertz CT molecular complexity index is 1260. The van der Waals surface area contributed by atoms with Crippen LogP contribution in [0, 0.1) is 5.82 Å². The first-order chi connectivity index (χ1) is 16.1. The summed E-state index contributed by atoms with van der Waals surface area (Å²) < 4.78 is 20.1. The summed E-state index contributed by atoms with van der Waals surface area (Å²) in [6.07, 6.45) is 0. The van der Waals surface area contributed by atoms with E-state index in [1.54, 1.807) is 29.1 Å². The van der Waals surface area contributed by atoms with E-state index in [0.717, 1.165) is 5.69 Å². The van der Waals surface area contributed by atoms with Gasteiger partial charge in [0.05, 0.1) is 18.0 Å². The number of nitrogens with zero attached hydrogens (tertiary/aromatic N) is 4. The largest absolute Gasteiger partial charge is 0.462 e. The lowest BCUT2D eigenvalue weighted by molar-refractivity contribution is -0.113. The number of thiophene rings is 1. The molecule has 33 heavy (non-hydrogen) atoms. The predicted molar refractivity (Wildman–Crippen MR) is 124 cm³/mol. The molecule has 0 unspecified atom stereocenters. The minimum Gasteiger partial charge on any atom is -0.462 e. The fourth-order valence-corrected chi connectivity index (χ4v) is 4.66. The molecule has 1 N–H and O–H groups in total. The number of amides is 1.